The highest BCUT2D eigenvalue weighted by Gasteiger charge is 2.18. The summed E-state index contributed by atoms with van der Waals surface area (Å²) >= 11 is 6.01. The second kappa shape index (κ2) is 5.77. The van der Waals surface area contributed by atoms with Gasteiger partial charge in [0.15, 0.2) is 0 Å². The van der Waals surface area contributed by atoms with Crippen LogP contribution in [0.15, 0.2) is 24.3 Å². The van der Waals surface area contributed by atoms with Crippen molar-refractivity contribution in [2.24, 2.45) is 0 Å². The molecule has 6 heteroatoms. The van der Waals surface area contributed by atoms with Crippen molar-refractivity contribution in [3.8, 4) is 5.75 Å². The van der Waals surface area contributed by atoms with Gasteiger partial charge in [0.2, 0.25) is 0 Å². The smallest absolute Gasteiger partial charge is 0.139 e. The maximum absolute atomic E-state index is 6.01. The molecule has 0 unspecified atom stereocenters. The fraction of sp³-hybridized carbons (Fsp3) is 0.333. The summed E-state index contributed by atoms with van der Waals surface area (Å²) in [6.07, 6.45) is 0. The van der Waals surface area contributed by atoms with E-state index >= 15 is 0 Å². The lowest BCUT2D eigenvalue weighted by atomic mass is 9.96. The van der Waals surface area contributed by atoms with Gasteiger partial charge in [0.1, 0.15) is 23.2 Å². The molecule has 1 aromatic carbocycles. The summed E-state index contributed by atoms with van der Waals surface area (Å²) in [5, 5.41) is 3.75. The topological polar surface area (TPSA) is 73.1 Å². The van der Waals surface area contributed by atoms with Crippen LogP contribution in [0.25, 0.3) is 0 Å². The van der Waals surface area contributed by atoms with Crippen LogP contribution >= 0.6 is 11.6 Å². The summed E-state index contributed by atoms with van der Waals surface area (Å²) in [5.74, 6) is 2.35. The molecule has 2 rings (SSSR count). The van der Waals surface area contributed by atoms with Crippen LogP contribution in [0.3, 0.4) is 0 Å². The lowest BCUT2D eigenvalue weighted by Crippen LogP contribution is -2.17. The van der Waals surface area contributed by atoms with Gasteiger partial charge in [-0.2, -0.15) is 0 Å². The second-order valence-electron chi connectivity index (χ2n) is 5.73. The Bertz CT molecular complexity index is 653. The van der Waals surface area contributed by atoms with Crippen LogP contribution in [0.2, 0.25) is 5.02 Å². The van der Waals surface area contributed by atoms with E-state index in [0.717, 1.165) is 5.69 Å². The standard InChI is InChI=1S/C15H19ClN4O/c1-15(2,3)14-19-12(17)8-13(20-14)18-9-5-6-10(16)11(7-9)21-4/h5-8H,1-4H3,(H3,17,18,19,20). The van der Waals surface area contributed by atoms with Crippen molar-refractivity contribution in [2.45, 2.75) is 26.2 Å². The number of halogens is 1. The fourth-order valence-electron chi connectivity index (χ4n) is 1.75. The summed E-state index contributed by atoms with van der Waals surface area (Å²) in [4.78, 5) is 8.78. The van der Waals surface area contributed by atoms with Crippen LogP contribution < -0.4 is 15.8 Å². The van der Waals surface area contributed by atoms with Crippen LogP contribution in [-0.4, -0.2) is 17.1 Å². The average molecular weight is 307 g/mol. The first-order valence-corrected chi connectivity index (χ1v) is 6.93. The van der Waals surface area contributed by atoms with E-state index in [1.807, 2.05) is 26.8 Å². The Balaban J connectivity index is 2.33. The highest BCUT2D eigenvalue weighted by Crippen LogP contribution is 2.29. The summed E-state index contributed by atoms with van der Waals surface area (Å²) in [6.45, 7) is 6.12. The number of methoxy groups -OCH3 is 1. The predicted molar refractivity (Wildman–Crippen MR) is 86.4 cm³/mol. The number of hydrogen-bond donors (Lipinski definition) is 2. The third kappa shape index (κ3) is 3.76. The Morgan fingerprint density at radius 2 is 1.90 bits per heavy atom. The van der Waals surface area contributed by atoms with Gasteiger partial charge >= 0.3 is 0 Å². The monoisotopic (exact) mass is 306 g/mol. The Hall–Kier alpha value is -2.01. The van der Waals surface area contributed by atoms with Crippen molar-refractivity contribution >= 4 is 28.9 Å². The first-order chi connectivity index (χ1) is 9.79. The molecule has 0 bridgehead atoms. The largest absolute Gasteiger partial charge is 0.495 e. The molecule has 112 valence electrons. The zero-order chi connectivity index (χ0) is 15.6. The summed E-state index contributed by atoms with van der Waals surface area (Å²) in [5.41, 5.74) is 6.49. The predicted octanol–water partition coefficient (Wildman–Crippen LogP) is 3.76. The SMILES string of the molecule is COc1cc(Nc2cc(N)nc(C(C)(C)C)n2)ccc1Cl. The average Bonchev–Trinajstić information content (AvgIpc) is 2.39. The molecule has 0 atom stereocenters. The molecule has 5 nitrogen and oxygen atoms in total. The molecule has 1 aromatic heterocycles. The van der Waals surface area contributed by atoms with E-state index in [2.05, 4.69) is 15.3 Å². The van der Waals surface area contributed by atoms with E-state index in [1.54, 1.807) is 25.3 Å². The van der Waals surface area contributed by atoms with Crippen LogP contribution in [0.5, 0.6) is 5.75 Å². The highest BCUT2D eigenvalue weighted by atomic mass is 35.5. The summed E-state index contributed by atoms with van der Waals surface area (Å²) < 4.78 is 5.20. The van der Waals surface area contributed by atoms with Gasteiger partial charge in [-0.05, 0) is 12.1 Å². The number of rotatable bonds is 3. The van der Waals surface area contributed by atoms with Crippen molar-refractivity contribution < 1.29 is 4.74 Å². The molecule has 0 spiro atoms. The summed E-state index contributed by atoms with van der Waals surface area (Å²) in [6, 6.07) is 7.10. The van der Waals surface area contributed by atoms with E-state index in [4.69, 9.17) is 22.1 Å². The van der Waals surface area contributed by atoms with Crippen molar-refractivity contribution in [1.82, 2.24) is 9.97 Å². The van der Waals surface area contributed by atoms with E-state index in [-0.39, 0.29) is 5.41 Å². The minimum Gasteiger partial charge on any atom is -0.495 e. The van der Waals surface area contributed by atoms with Gasteiger partial charge in [-0.15, -0.1) is 0 Å². The van der Waals surface area contributed by atoms with E-state index in [1.165, 1.54) is 0 Å². The Morgan fingerprint density at radius 3 is 2.52 bits per heavy atom. The van der Waals surface area contributed by atoms with Gasteiger partial charge in [-0.3, -0.25) is 0 Å². The number of benzene rings is 1. The van der Waals surface area contributed by atoms with Crippen molar-refractivity contribution in [3.05, 3.63) is 35.1 Å². The maximum Gasteiger partial charge on any atom is 0.139 e. The van der Waals surface area contributed by atoms with Crippen molar-refractivity contribution in [2.75, 3.05) is 18.2 Å². The highest BCUT2D eigenvalue weighted by molar-refractivity contribution is 6.32. The molecule has 0 aliphatic carbocycles. The zero-order valence-corrected chi connectivity index (χ0v) is 13.3. The second-order valence-corrected chi connectivity index (χ2v) is 6.13. The molecule has 0 aliphatic rings. The molecule has 2 aromatic rings. The van der Waals surface area contributed by atoms with Gasteiger partial charge in [0, 0.05) is 23.2 Å². The minimum atomic E-state index is -0.177. The lowest BCUT2D eigenvalue weighted by Gasteiger charge is -2.18. The van der Waals surface area contributed by atoms with E-state index in [0.29, 0.717) is 28.2 Å². The third-order valence-corrected chi connectivity index (χ3v) is 3.15. The fourth-order valence-corrected chi connectivity index (χ4v) is 1.95. The molecule has 0 fully saturated rings. The Morgan fingerprint density at radius 1 is 1.19 bits per heavy atom. The van der Waals surface area contributed by atoms with Gasteiger partial charge < -0.3 is 15.8 Å². The van der Waals surface area contributed by atoms with Gasteiger partial charge in [-0.1, -0.05) is 32.4 Å². The number of nitrogens with one attached hydrogen (secondary N) is 1. The molecular formula is C15H19ClN4O. The van der Waals surface area contributed by atoms with E-state index in [9.17, 15) is 0 Å². The van der Waals surface area contributed by atoms with Gasteiger partial charge in [0.25, 0.3) is 0 Å². The number of nitrogens with two attached hydrogens (primary N) is 1. The molecule has 3 N–H and O–H groups in total. The van der Waals surface area contributed by atoms with Crippen LogP contribution in [0, 0.1) is 0 Å². The van der Waals surface area contributed by atoms with Crippen molar-refractivity contribution in [3.63, 3.8) is 0 Å². The van der Waals surface area contributed by atoms with Crippen LogP contribution in [-0.2, 0) is 5.41 Å². The number of anilines is 3. The molecular weight excluding hydrogens is 288 g/mol. The zero-order valence-electron chi connectivity index (χ0n) is 12.6. The lowest BCUT2D eigenvalue weighted by molar-refractivity contribution is 0.415. The number of aromatic nitrogens is 2. The first kappa shape index (κ1) is 15.4. The quantitative estimate of drug-likeness (QED) is 0.903. The van der Waals surface area contributed by atoms with E-state index < -0.39 is 0 Å². The minimum absolute atomic E-state index is 0.177. The number of nitrogen functional groups attached to an aromatic ring is 1. The molecule has 1 heterocycles. The first-order valence-electron chi connectivity index (χ1n) is 6.55. The normalized spacial score (nSPS) is 11.3. The molecule has 0 saturated carbocycles. The molecule has 0 saturated heterocycles. The Kier molecular flexibility index (Phi) is 4.23. The Labute approximate surface area is 129 Å². The summed E-state index contributed by atoms with van der Waals surface area (Å²) in [7, 11) is 1.57. The molecule has 0 aliphatic heterocycles. The third-order valence-electron chi connectivity index (χ3n) is 2.84. The van der Waals surface area contributed by atoms with Gasteiger partial charge in [-0.25, -0.2) is 9.97 Å². The maximum atomic E-state index is 6.01. The molecule has 0 radical (unpaired) electrons. The van der Waals surface area contributed by atoms with Crippen LogP contribution in [0.1, 0.15) is 26.6 Å². The molecule has 21 heavy (non-hydrogen) atoms. The number of hydrogen-bond acceptors (Lipinski definition) is 5. The number of nitrogens with zero attached hydrogens (tertiary/aromatic N) is 2. The molecule has 0 amide bonds. The number of ether oxygens (including phenoxy) is 1. The van der Waals surface area contributed by atoms with Gasteiger partial charge in [0.05, 0.1) is 12.1 Å². The van der Waals surface area contributed by atoms with Crippen LogP contribution in [0.4, 0.5) is 17.3 Å². The van der Waals surface area contributed by atoms with Crippen molar-refractivity contribution in [1.29, 1.82) is 0 Å².